The van der Waals surface area contributed by atoms with Crippen LogP contribution in [0.4, 0.5) is 28.4 Å². The first-order valence-electron chi connectivity index (χ1n) is 31.4. The number of rotatable bonds is 11. The topological polar surface area (TPSA) is 314 Å². The van der Waals surface area contributed by atoms with Gasteiger partial charge in [-0.1, -0.05) is 34.6 Å². The maximum Gasteiger partial charge on any atom is 0.495 e. The number of nitrogen functional groups attached to an aromatic ring is 3. The molecule has 97 heavy (non-hydrogen) atoms. The molecule has 0 aliphatic carbocycles. The molecule has 4 saturated heterocycles. The van der Waals surface area contributed by atoms with E-state index in [9.17, 15) is 20.2 Å². The van der Waals surface area contributed by atoms with Gasteiger partial charge in [0.1, 0.15) is 22.9 Å². The second kappa shape index (κ2) is 30.8. The maximum atomic E-state index is 11.4. The number of nitrogens with zero attached hydrogens (tertiary/aromatic N) is 7. The maximum absolute atomic E-state index is 11.4. The van der Waals surface area contributed by atoms with Crippen LogP contribution in [-0.4, -0.2) is 116 Å². The molecule has 0 radical (unpaired) electrons. The summed E-state index contributed by atoms with van der Waals surface area (Å²) in [5.74, 6) is 1.68. The van der Waals surface area contributed by atoms with Gasteiger partial charge in [0.2, 0.25) is 0 Å². The summed E-state index contributed by atoms with van der Waals surface area (Å²) in [6, 6.07) is 33.1. The van der Waals surface area contributed by atoms with Crippen LogP contribution in [0.5, 0.6) is 0 Å². The van der Waals surface area contributed by atoms with Crippen molar-refractivity contribution in [3.05, 3.63) is 194 Å². The lowest BCUT2D eigenvalue weighted by Crippen LogP contribution is -2.41. The van der Waals surface area contributed by atoms with Crippen LogP contribution in [0.3, 0.4) is 0 Å². The van der Waals surface area contributed by atoms with Crippen molar-refractivity contribution < 1.29 is 61.0 Å². The fourth-order valence-corrected chi connectivity index (χ4v) is 10.3. The highest BCUT2D eigenvalue weighted by molar-refractivity contribution is 14.1. The monoisotopic (exact) mass is 1440 g/mol. The van der Waals surface area contributed by atoms with Gasteiger partial charge in [0, 0.05) is 81.9 Å². The van der Waals surface area contributed by atoms with E-state index in [2.05, 4.69) is 32.9 Å². The lowest BCUT2D eigenvalue weighted by atomic mass is 9.79. The Labute approximate surface area is 580 Å². The normalized spacial score (nSPS) is 18.8. The fraction of sp³-hybridized carbons (Fsp3) is 0.382. The van der Waals surface area contributed by atoms with E-state index in [4.69, 9.17) is 68.4 Å². The summed E-state index contributed by atoms with van der Waals surface area (Å²) in [5.41, 5.74) is 23.3. The summed E-state index contributed by atoms with van der Waals surface area (Å²) < 4.78 is 67.3. The van der Waals surface area contributed by atoms with Crippen molar-refractivity contribution in [2.45, 2.75) is 156 Å². The second-order valence-corrected chi connectivity index (χ2v) is 27.4. The molecule has 9 heterocycles. The van der Waals surface area contributed by atoms with E-state index in [-0.39, 0.29) is 52.9 Å². The van der Waals surface area contributed by atoms with Crippen LogP contribution in [0.25, 0.3) is 28.2 Å². The average Bonchev–Trinajstić information content (AvgIpc) is 1.64. The molecular formula is C68H86B3IN10O15. The van der Waals surface area contributed by atoms with Gasteiger partial charge in [0.25, 0.3) is 11.4 Å². The molecule has 4 fully saturated rings. The standard InChI is InChI=1S/C16H19BN2O4.C16H21BN2O2.C14H13N3O.C12H17BN2O4.C6H12O3.C4H4INO/c1-15(2)16(3,4)23-17(22-15)12-7-8-13(14(11-12)19(20)21)18-9-5-6-10-18;1-15(2)16(3,4)21-17(20-15)12-7-8-14(13(18)11-12)19-9-5-6-10-19;1-10-12(9-16-18-10)11-4-5-14(13(15)8-11)17-6-2-3-7-17;1-11(2)12(3,4)19-13(18-11)8-5-6-9(14)10(7-8)15(16)17;1-7-5-3-4-6(8-2)9-5;1-3-4(5)2-6-7-3/h5-11H,1-4H3;5-11H,18H2,1-4H3;2-9H,15H2,1H3;5-7H,14H2,1-4H3;5-6H,3-4H2,1-2H3;2H,1H3. The Hall–Kier alpha value is -8.10. The SMILES string of the molecule is CC1(C)OB(c2ccc(-n3cccc3)c(N)c2)OC1(C)C.CC1(C)OB(c2ccc(-n3cccc3)c([N+](=O)[O-])c2)OC1(C)C.CC1(C)OB(c2ccc(N)c([N+](=O)[O-])c2)OC1(C)C.COC1CCC(OC)O1.Cc1oncc1-c1ccc(-n2cccc2)c(N)c1.Cc1oncc1I. The van der Waals surface area contributed by atoms with Crippen LogP contribution >= 0.6 is 22.6 Å². The van der Waals surface area contributed by atoms with Gasteiger partial charge in [-0.15, -0.1) is 0 Å². The molecule has 0 spiro atoms. The number of aryl methyl sites for hydroxylation is 2. The van der Waals surface area contributed by atoms with Crippen molar-refractivity contribution in [2.75, 3.05) is 31.4 Å². The van der Waals surface area contributed by atoms with Crippen molar-refractivity contribution in [3.8, 4) is 28.2 Å². The highest BCUT2D eigenvalue weighted by Crippen LogP contribution is 2.40. The smallest absolute Gasteiger partial charge is 0.399 e. The number of hydrogen-bond acceptors (Lipinski definition) is 20. The first kappa shape index (κ1) is 74.7. The van der Waals surface area contributed by atoms with Crippen LogP contribution in [-0.2, 0) is 42.1 Å². The Kier molecular flexibility index (Phi) is 23.7. The summed E-state index contributed by atoms with van der Waals surface area (Å²) in [6.45, 7) is 27.5. The van der Waals surface area contributed by atoms with E-state index in [1.807, 2.05) is 210 Å². The minimum absolute atomic E-state index is 0.0217. The van der Waals surface area contributed by atoms with Gasteiger partial charge in [0.15, 0.2) is 12.6 Å². The van der Waals surface area contributed by atoms with Crippen molar-refractivity contribution in [1.29, 1.82) is 0 Å². The molecule has 514 valence electrons. The van der Waals surface area contributed by atoms with E-state index in [1.165, 1.54) is 18.2 Å². The van der Waals surface area contributed by atoms with E-state index < -0.39 is 41.6 Å². The van der Waals surface area contributed by atoms with Crippen molar-refractivity contribution in [2.24, 2.45) is 0 Å². The zero-order chi connectivity index (χ0) is 71.0. The number of nitro groups is 2. The molecule has 0 saturated carbocycles. The molecule has 0 amide bonds. The fourth-order valence-electron chi connectivity index (χ4n) is 10.0. The van der Waals surface area contributed by atoms with Crippen LogP contribution in [0, 0.1) is 37.6 Å². The van der Waals surface area contributed by atoms with Gasteiger partial charge in [-0.25, -0.2) is 0 Å². The molecule has 13 rings (SSSR count). The molecule has 4 aliphatic rings. The Balaban J connectivity index is 0.000000154. The highest BCUT2D eigenvalue weighted by Gasteiger charge is 2.54. The largest absolute Gasteiger partial charge is 0.495 e. The minimum atomic E-state index is -0.621. The lowest BCUT2D eigenvalue weighted by Gasteiger charge is -2.32. The predicted octanol–water partition coefficient (Wildman–Crippen LogP) is 11.9. The molecule has 29 heteroatoms. The third-order valence-electron chi connectivity index (χ3n) is 18.0. The molecule has 0 bridgehead atoms. The van der Waals surface area contributed by atoms with E-state index >= 15 is 0 Å². The Morgan fingerprint density at radius 1 is 0.485 bits per heavy atom. The molecule has 9 aromatic rings. The molecule has 4 aliphatic heterocycles. The first-order valence-corrected chi connectivity index (χ1v) is 32.4. The molecular weight excluding hydrogens is 1360 g/mol. The number of anilines is 3. The van der Waals surface area contributed by atoms with Crippen molar-refractivity contribution >= 4 is 88.8 Å². The zero-order valence-corrected chi connectivity index (χ0v) is 59.8. The number of aromatic nitrogens is 5. The van der Waals surface area contributed by atoms with Gasteiger partial charge in [0.05, 0.1) is 82.2 Å². The summed E-state index contributed by atoms with van der Waals surface area (Å²) >= 11 is 2.16. The first-order chi connectivity index (χ1) is 45.6. The number of methoxy groups -OCH3 is 2. The number of nitrogens with two attached hydrogens (primary N) is 3. The number of halogens is 1. The summed E-state index contributed by atoms with van der Waals surface area (Å²) in [5, 5.41) is 29.7. The third-order valence-corrected chi connectivity index (χ3v) is 19.0. The van der Waals surface area contributed by atoms with Crippen molar-refractivity contribution in [3.63, 3.8) is 0 Å². The molecule has 6 N–H and O–H groups in total. The Bertz CT molecular complexity index is 4010. The number of ether oxygens (including phenoxy) is 3. The molecule has 4 aromatic carbocycles. The van der Waals surface area contributed by atoms with Gasteiger partial charge in [-0.2, -0.15) is 0 Å². The van der Waals surface area contributed by atoms with Gasteiger partial charge in [-0.05, 0) is 214 Å². The number of hydrogen-bond donors (Lipinski definition) is 3. The van der Waals surface area contributed by atoms with Crippen LogP contribution in [0.2, 0.25) is 0 Å². The Morgan fingerprint density at radius 2 is 0.835 bits per heavy atom. The number of nitro benzene ring substituents is 2. The van der Waals surface area contributed by atoms with Crippen LogP contribution in [0.1, 0.15) is 107 Å². The molecule has 2 unspecified atom stereocenters. The molecule has 5 aromatic heterocycles. The van der Waals surface area contributed by atoms with E-state index in [1.54, 1.807) is 55.7 Å². The molecule has 2 atom stereocenters. The molecule has 25 nitrogen and oxygen atoms in total. The Morgan fingerprint density at radius 3 is 1.16 bits per heavy atom. The van der Waals surface area contributed by atoms with Gasteiger partial charge in [-0.3, -0.25) is 20.2 Å². The third kappa shape index (κ3) is 17.8. The van der Waals surface area contributed by atoms with Gasteiger partial charge >= 0.3 is 21.4 Å². The average molecular weight is 1440 g/mol. The van der Waals surface area contributed by atoms with E-state index in [0.29, 0.717) is 22.3 Å². The summed E-state index contributed by atoms with van der Waals surface area (Å²) in [4.78, 5) is 21.4. The lowest BCUT2D eigenvalue weighted by molar-refractivity contribution is -0.384. The van der Waals surface area contributed by atoms with E-state index in [0.717, 1.165) is 61.6 Å². The minimum Gasteiger partial charge on any atom is -0.399 e. The second-order valence-electron chi connectivity index (χ2n) is 26.3. The predicted molar refractivity (Wildman–Crippen MR) is 384 cm³/mol. The summed E-state index contributed by atoms with van der Waals surface area (Å²) in [7, 11) is 1.67. The zero-order valence-electron chi connectivity index (χ0n) is 57.7. The van der Waals surface area contributed by atoms with Crippen molar-refractivity contribution in [1.82, 2.24) is 24.0 Å². The number of benzene rings is 4. The van der Waals surface area contributed by atoms with Gasteiger partial charge < -0.3 is 82.1 Å². The quantitative estimate of drug-likeness (QED) is 0.0356. The van der Waals surface area contributed by atoms with Crippen LogP contribution in [0.15, 0.2) is 168 Å². The summed E-state index contributed by atoms with van der Waals surface area (Å²) in [6.07, 6.45) is 16.6. The van der Waals surface area contributed by atoms with Crippen LogP contribution < -0.4 is 33.6 Å². The highest BCUT2D eigenvalue weighted by atomic mass is 127.